The summed E-state index contributed by atoms with van der Waals surface area (Å²) in [6, 6.07) is 10.3. The first-order valence-corrected chi connectivity index (χ1v) is 9.82. The first-order valence-electron chi connectivity index (χ1n) is 9.82. The van der Waals surface area contributed by atoms with Crippen LogP contribution in [0.3, 0.4) is 0 Å². The van der Waals surface area contributed by atoms with Crippen LogP contribution in [0.1, 0.15) is 30.4 Å². The third-order valence-electron chi connectivity index (χ3n) is 5.67. The van der Waals surface area contributed by atoms with Crippen molar-refractivity contribution in [2.75, 3.05) is 12.8 Å². The molecule has 0 bridgehead atoms. The Morgan fingerprint density at radius 3 is 2.86 bits per heavy atom. The molecule has 1 aromatic carbocycles. The Bertz CT molecular complexity index is 1180. The second-order valence-corrected chi connectivity index (χ2v) is 7.37. The lowest BCUT2D eigenvalue weighted by Gasteiger charge is -2.25. The zero-order valence-electron chi connectivity index (χ0n) is 16.5. The van der Waals surface area contributed by atoms with E-state index in [0.717, 1.165) is 37.1 Å². The lowest BCUT2D eigenvalue weighted by Crippen LogP contribution is -2.32. The summed E-state index contributed by atoms with van der Waals surface area (Å²) < 4.78 is 7.06. The average Bonchev–Trinajstić information content (AvgIpc) is 3.36. The number of rotatable bonds is 5. The van der Waals surface area contributed by atoms with E-state index in [1.54, 1.807) is 11.6 Å². The van der Waals surface area contributed by atoms with Crippen LogP contribution in [0, 0.1) is 0 Å². The Labute approximate surface area is 168 Å². The number of fused-ring (bicyclic) bond motifs is 4. The number of ether oxygens (including phenoxy) is 1. The molecule has 5 rings (SSSR count). The van der Waals surface area contributed by atoms with Crippen LogP contribution in [0.5, 0.6) is 5.75 Å². The normalized spacial score (nSPS) is 15.1. The van der Waals surface area contributed by atoms with Gasteiger partial charge >= 0.3 is 0 Å². The number of nitrogens with zero attached hydrogens (tertiary/aromatic N) is 6. The smallest absolute Gasteiger partial charge is 0.223 e. The van der Waals surface area contributed by atoms with Gasteiger partial charge in [0.25, 0.3) is 0 Å². The van der Waals surface area contributed by atoms with Gasteiger partial charge in [-0.3, -0.25) is 9.88 Å². The third-order valence-corrected chi connectivity index (χ3v) is 5.67. The van der Waals surface area contributed by atoms with Crippen LogP contribution in [0.4, 0.5) is 5.95 Å². The number of hydrogen-bond donors (Lipinski definition) is 1. The minimum Gasteiger partial charge on any atom is -0.494 e. The van der Waals surface area contributed by atoms with Crippen molar-refractivity contribution >= 4 is 22.5 Å². The Balaban J connectivity index is 1.49. The van der Waals surface area contributed by atoms with E-state index in [1.807, 2.05) is 30.5 Å². The molecular formula is C21H23N7O. The summed E-state index contributed by atoms with van der Waals surface area (Å²) in [5.74, 6) is 1.75. The van der Waals surface area contributed by atoms with Gasteiger partial charge in [-0.25, -0.2) is 9.97 Å². The topological polar surface area (TPSA) is 94.5 Å². The number of nitrogen functional groups attached to an aromatic ring is 1. The van der Waals surface area contributed by atoms with Crippen molar-refractivity contribution < 1.29 is 4.74 Å². The third kappa shape index (κ3) is 2.96. The second kappa shape index (κ2) is 6.97. The van der Waals surface area contributed by atoms with Crippen molar-refractivity contribution in [2.45, 2.75) is 38.9 Å². The van der Waals surface area contributed by atoms with Crippen LogP contribution in [-0.4, -0.2) is 42.6 Å². The lowest BCUT2D eigenvalue weighted by atomic mass is 10.1. The molecule has 1 atom stereocenters. The monoisotopic (exact) mass is 389 g/mol. The van der Waals surface area contributed by atoms with E-state index in [2.05, 4.69) is 33.0 Å². The number of para-hydroxylation sites is 1. The summed E-state index contributed by atoms with van der Waals surface area (Å²) >= 11 is 0. The minimum atomic E-state index is 0.307. The van der Waals surface area contributed by atoms with Crippen molar-refractivity contribution in [2.24, 2.45) is 0 Å². The van der Waals surface area contributed by atoms with Gasteiger partial charge in [-0.1, -0.05) is 19.1 Å². The van der Waals surface area contributed by atoms with Crippen LogP contribution < -0.4 is 10.5 Å². The minimum absolute atomic E-state index is 0.307. The number of pyridine rings is 1. The molecule has 8 nitrogen and oxygen atoms in total. The van der Waals surface area contributed by atoms with Gasteiger partial charge in [0.05, 0.1) is 12.8 Å². The molecule has 1 unspecified atom stereocenters. The second-order valence-electron chi connectivity index (χ2n) is 7.37. The van der Waals surface area contributed by atoms with Crippen molar-refractivity contribution in [3.63, 3.8) is 0 Å². The molecule has 4 heterocycles. The predicted octanol–water partition coefficient (Wildman–Crippen LogP) is 2.60. The fraction of sp³-hybridized carbons (Fsp3) is 0.333. The van der Waals surface area contributed by atoms with Crippen LogP contribution in [0.2, 0.25) is 0 Å². The van der Waals surface area contributed by atoms with Crippen molar-refractivity contribution in [3.05, 3.63) is 53.6 Å². The highest BCUT2D eigenvalue weighted by Gasteiger charge is 2.27. The van der Waals surface area contributed by atoms with Crippen LogP contribution in [-0.2, 0) is 19.5 Å². The van der Waals surface area contributed by atoms with Gasteiger partial charge in [0, 0.05) is 37.1 Å². The van der Waals surface area contributed by atoms with E-state index in [4.69, 9.17) is 15.5 Å². The van der Waals surface area contributed by atoms with Gasteiger partial charge < -0.3 is 10.5 Å². The molecule has 0 aliphatic carbocycles. The maximum atomic E-state index is 6.18. The number of aromatic nitrogens is 5. The molecule has 0 radical (unpaired) electrons. The summed E-state index contributed by atoms with van der Waals surface area (Å²) in [4.78, 5) is 16.3. The predicted molar refractivity (Wildman–Crippen MR) is 111 cm³/mol. The zero-order chi connectivity index (χ0) is 20.0. The van der Waals surface area contributed by atoms with Crippen molar-refractivity contribution in [3.8, 4) is 5.75 Å². The molecule has 1 aliphatic rings. The number of anilines is 1. The summed E-state index contributed by atoms with van der Waals surface area (Å²) in [6.07, 6.45) is 3.62. The number of hydrogen-bond acceptors (Lipinski definition) is 7. The van der Waals surface area contributed by atoms with Crippen molar-refractivity contribution in [1.29, 1.82) is 0 Å². The number of benzene rings is 1. The van der Waals surface area contributed by atoms with Gasteiger partial charge in [-0.15, -0.1) is 5.10 Å². The van der Waals surface area contributed by atoms with Gasteiger partial charge in [0.15, 0.2) is 11.5 Å². The molecule has 4 aromatic rings. The largest absolute Gasteiger partial charge is 0.494 e. The summed E-state index contributed by atoms with van der Waals surface area (Å²) in [5.41, 5.74) is 10.1. The van der Waals surface area contributed by atoms with Crippen LogP contribution in [0.25, 0.3) is 16.6 Å². The Morgan fingerprint density at radius 1 is 1.17 bits per heavy atom. The first kappa shape index (κ1) is 17.8. The highest BCUT2D eigenvalue weighted by Crippen LogP contribution is 2.28. The molecule has 0 saturated heterocycles. The Kier molecular flexibility index (Phi) is 4.28. The SMILES string of the molecule is CCC(Cc1nc2c3cccc(OC)c3nc(N)n2n1)N1Cc2cccnc2C1. The van der Waals surface area contributed by atoms with E-state index in [1.165, 1.54) is 11.3 Å². The quantitative estimate of drug-likeness (QED) is 0.561. The van der Waals surface area contributed by atoms with E-state index < -0.39 is 0 Å². The fourth-order valence-corrected chi connectivity index (χ4v) is 4.15. The molecule has 2 N–H and O–H groups in total. The molecule has 0 saturated carbocycles. The van der Waals surface area contributed by atoms with E-state index in [9.17, 15) is 0 Å². The molecule has 0 fully saturated rings. The van der Waals surface area contributed by atoms with E-state index >= 15 is 0 Å². The molecule has 148 valence electrons. The highest BCUT2D eigenvalue weighted by atomic mass is 16.5. The molecule has 29 heavy (non-hydrogen) atoms. The lowest BCUT2D eigenvalue weighted by molar-refractivity contribution is 0.189. The zero-order valence-corrected chi connectivity index (χ0v) is 16.5. The van der Waals surface area contributed by atoms with Gasteiger partial charge in [-0.2, -0.15) is 4.52 Å². The van der Waals surface area contributed by atoms with Crippen LogP contribution >= 0.6 is 0 Å². The summed E-state index contributed by atoms with van der Waals surface area (Å²) in [7, 11) is 1.63. The Morgan fingerprint density at radius 2 is 2.07 bits per heavy atom. The van der Waals surface area contributed by atoms with Crippen molar-refractivity contribution in [1.82, 2.24) is 29.5 Å². The molecule has 0 spiro atoms. The van der Waals surface area contributed by atoms with Gasteiger partial charge in [0.1, 0.15) is 11.3 Å². The highest BCUT2D eigenvalue weighted by molar-refractivity contribution is 5.95. The fourth-order valence-electron chi connectivity index (χ4n) is 4.15. The van der Waals surface area contributed by atoms with E-state index in [-0.39, 0.29) is 0 Å². The first-order chi connectivity index (χ1) is 14.2. The average molecular weight is 389 g/mol. The maximum Gasteiger partial charge on any atom is 0.223 e. The molecular weight excluding hydrogens is 366 g/mol. The molecule has 3 aromatic heterocycles. The Hall–Kier alpha value is -3.26. The van der Waals surface area contributed by atoms with Crippen LogP contribution in [0.15, 0.2) is 36.5 Å². The van der Waals surface area contributed by atoms with Gasteiger partial charge in [0.2, 0.25) is 5.95 Å². The summed E-state index contributed by atoms with van der Waals surface area (Å²) in [5, 5.41) is 5.54. The standard InChI is InChI=1S/C21H23N7O/c1-3-14(27-11-13-6-5-9-23-16(13)12-27)10-18-24-20-15-7-4-8-17(29-2)19(15)25-21(22)28(20)26-18/h4-9,14H,3,10-12H2,1-2H3,(H2,22,25). The number of methoxy groups -OCH3 is 1. The molecule has 1 aliphatic heterocycles. The van der Waals surface area contributed by atoms with E-state index in [0.29, 0.717) is 28.9 Å². The molecule has 8 heteroatoms. The molecule has 0 amide bonds. The summed E-state index contributed by atoms with van der Waals surface area (Å²) in [6.45, 7) is 3.98. The number of nitrogens with two attached hydrogens (primary N) is 1. The van der Waals surface area contributed by atoms with Gasteiger partial charge in [-0.05, 0) is 30.2 Å². The maximum absolute atomic E-state index is 6.18.